The minimum absolute atomic E-state index is 0.470. The Morgan fingerprint density at radius 1 is 1.15 bits per heavy atom. The zero-order valence-corrected chi connectivity index (χ0v) is 15.3. The summed E-state index contributed by atoms with van der Waals surface area (Å²) in [5, 5.41) is 12.3. The Labute approximate surface area is 158 Å². The molecule has 6 heteroatoms. The van der Waals surface area contributed by atoms with E-state index >= 15 is 0 Å². The number of rotatable bonds is 7. The number of aryl methyl sites for hydroxylation is 2. The summed E-state index contributed by atoms with van der Waals surface area (Å²) in [6.45, 7) is 3.84. The van der Waals surface area contributed by atoms with Gasteiger partial charge >= 0.3 is 0 Å². The van der Waals surface area contributed by atoms with Crippen molar-refractivity contribution >= 4 is 6.08 Å². The average Bonchev–Trinajstić information content (AvgIpc) is 3.17. The molecule has 4 rings (SSSR count). The van der Waals surface area contributed by atoms with Gasteiger partial charge in [0.2, 0.25) is 0 Å². The molecule has 0 N–H and O–H groups in total. The molecule has 0 saturated heterocycles. The van der Waals surface area contributed by atoms with Gasteiger partial charge in [-0.05, 0) is 60.0 Å². The van der Waals surface area contributed by atoms with Crippen LogP contribution in [0.2, 0.25) is 0 Å². The Morgan fingerprint density at radius 2 is 2.04 bits per heavy atom. The number of ether oxygens (including phenoxy) is 2. The van der Waals surface area contributed by atoms with Gasteiger partial charge in [0.1, 0.15) is 18.1 Å². The molecule has 0 atom stereocenters. The molecule has 0 aliphatic carbocycles. The summed E-state index contributed by atoms with van der Waals surface area (Å²) in [4.78, 5) is 0. The van der Waals surface area contributed by atoms with E-state index in [1.807, 2.05) is 41.9 Å². The Bertz CT molecular complexity index is 934. The van der Waals surface area contributed by atoms with Crippen molar-refractivity contribution < 1.29 is 9.47 Å². The number of nitrogens with zero attached hydrogens (tertiary/aromatic N) is 4. The van der Waals surface area contributed by atoms with Crippen molar-refractivity contribution in [3.8, 4) is 17.1 Å². The first-order valence-corrected chi connectivity index (χ1v) is 9.24. The molecule has 1 aromatic heterocycles. The van der Waals surface area contributed by atoms with Gasteiger partial charge in [-0.2, -0.15) is 0 Å². The van der Waals surface area contributed by atoms with E-state index in [-0.39, 0.29) is 0 Å². The number of hydrogen-bond acceptors (Lipinski definition) is 5. The predicted molar refractivity (Wildman–Crippen MR) is 103 cm³/mol. The maximum Gasteiger partial charge on any atom is 0.182 e. The zero-order valence-electron chi connectivity index (χ0n) is 15.3. The first-order chi connectivity index (χ1) is 13.3. The normalized spacial score (nSPS) is 12.9. The van der Waals surface area contributed by atoms with Crippen LogP contribution < -0.4 is 4.74 Å². The molecule has 0 radical (unpaired) electrons. The molecule has 0 bridgehead atoms. The Morgan fingerprint density at radius 3 is 2.89 bits per heavy atom. The number of hydrogen-bond donors (Lipinski definition) is 0. The Kier molecular flexibility index (Phi) is 5.14. The largest absolute Gasteiger partial charge is 0.495 e. The molecule has 2 aromatic carbocycles. The highest BCUT2D eigenvalue weighted by Crippen LogP contribution is 2.30. The highest BCUT2D eigenvalue weighted by atomic mass is 16.5. The van der Waals surface area contributed by atoms with Crippen molar-refractivity contribution in [1.82, 2.24) is 20.2 Å². The van der Waals surface area contributed by atoms with Crippen LogP contribution in [0.4, 0.5) is 0 Å². The number of tetrazole rings is 1. The molecule has 138 valence electrons. The van der Waals surface area contributed by atoms with Crippen LogP contribution in [0.3, 0.4) is 0 Å². The van der Waals surface area contributed by atoms with Crippen LogP contribution in [0.15, 0.2) is 54.3 Å². The molecule has 0 spiro atoms. The fourth-order valence-electron chi connectivity index (χ4n) is 3.20. The lowest BCUT2D eigenvalue weighted by atomic mass is 10.1. The smallest absolute Gasteiger partial charge is 0.182 e. The van der Waals surface area contributed by atoms with E-state index in [1.165, 1.54) is 5.56 Å². The summed E-state index contributed by atoms with van der Waals surface area (Å²) in [5.41, 5.74) is 3.28. The van der Waals surface area contributed by atoms with Crippen LogP contribution in [-0.2, 0) is 17.7 Å². The van der Waals surface area contributed by atoms with Crippen LogP contribution in [0.25, 0.3) is 17.5 Å². The van der Waals surface area contributed by atoms with Crippen LogP contribution >= 0.6 is 0 Å². The van der Waals surface area contributed by atoms with Crippen molar-refractivity contribution in [3.63, 3.8) is 0 Å². The molecule has 1 aliphatic heterocycles. The fourth-order valence-corrected chi connectivity index (χ4v) is 3.20. The maximum absolute atomic E-state index is 5.75. The molecule has 0 fully saturated rings. The monoisotopic (exact) mass is 362 g/mol. The topological polar surface area (TPSA) is 62.1 Å². The SMILES string of the molecule is CCOC1=Cc2cc(-c3nnnn3CCCc3ccccc3)ccc2OC1. The fraction of sp³-hybridized carbons (Fsp3) is 0.286. The van der Waals surface area contributed by atoms with E-state index in [1.54, 1.807) is 0 Å². The highest BCUT2D eigenvalue weighted by Gasteiger charge is 2.16. The van der Waals surface area contributed by atoms with Gasteiger partial charge in [-0.15, -0.1) is 5.10 Å². The van der Waals surface area contributed by atoms with Crippen LogP contribution in [0.5, 0.6) is 5.75 Å². The van der Waals surface area contributed by atoms with Gasteiger partial charge in [0.05, 0.1) is 6.61 Å². The van der Waals surface area contributed by atoms with E-state index in [9.17, 15) is 0 Å². The summed E-state index contributed by atoms with van der Waals surface area (Å²) in [6.07, 6.45) is 4.00. The van der Waals surface area contributed by atoms with Gasteiger partial charge in [-0.25, -0.2) is 4.68 Å². The summed E-state index contributed by atoms with van der Waals surface area (Å²) in [6, 6.07) is 16.5. The van der Waals surface area contributed by atoms with Crippen molar-refractivity contribution in [2.45, 2.75) is 26.3 Å². The van der Waals surface area contributed by atoms with E-state index in [0.717, 1.165) is 47.8 Å². The van der Waals surface area contributed by atoms with E-state index < -0.39 is 0 Å². The van der Waals surface area contributed by atoms with Crippen molar-refractivity contribution in [2.24, 2.45) is 0 Å². The van der Waals surface area contributed by atoms with Crippen LogP contribution in [-0.4, -0.2) is 33.4 Å². The van der Waals surface area contributed by atoms with Gasteiger partial charge in [0, 0.05) is 17.7 Å². The van der Waals surface area contributed by atoms with Crippen molar-refractivity contribution in [3.05, 3.63) is 65.4 Å². The van der Waals surface area contributed by atoms with Gasteiger partial charge in [0.25, 0.3) is 0 Å². The third-order valence-electron chi connectivity index (χ3n) is 4.49. The first kappa shape index (κ1) is 17.3. The summed E-state index contributed by atoms with van der Waals surface area (Å²) in [7, 11) is 0. The predicted octanol–water partition coefficient (Wildman–Crippen LogP) is 3.74. The first-order valence-electron chi connectivity index (χ1n) is 9.24. The van der Waals surface area contributed by atoms with Gasteiger partial charge in [-0.3, -0.25) is 0 Å². The quantitative estimate of drug-likeness (QED) is 0.641. The Balaban J connectivity index is 1.50. The second-order valence-corrected chi connectivity index (χ2v) is 6.40. The molecule has 0 saturated carbocycles. The molecule has 3 aromatic rings. The van der Waals surface area contributed by atoms with Gasteiger partial charge in [0.15, 0.2) is 5.82 Å². The molecular formula is C21H22N4O2. The second-order valence-electron chi connectivity index (χ2n) is 6.40. The summed E-state index contributed by atoms with van der Waals surface area (Å²) >= 11 is 0. The second kappa shape index (κ2) is 8.03. The number of fused-ring (bicyclic) bond motifs is 1. The van der Waals surface area contributed by atoms with Gasteiger partial charge in [-0.1, -0.05) is 30.3 Å². The Hall–Kier alpha value is -3.15. The molecule has 2 heterocycles. The molecular weight excluding hydrogens is 340 g/mol. The molecule has 1 aliphatic rings. The van der Waals surface area contributed by atoms with Crippen LogP contribution in [0, 0.1) is 0 Å². The molecule has 0 unspecified atom stereocenters. The molecule has 6 nitrogen and oxygen atoms in total. The summed E-state index contributed by atoms with van der Waals surface area (Å²) < 4.78 is 13.2. The molecule has 0 amide bonds. The van der Waals surface area contributed by atoms with E-state index in [0.29, 0.717) is 13.2 Å². The van der Waals surface area contributed by atoms with Crippen molar-refractivity contribution in [2.75, 3.05) is 13.2 Å². The lowest BCUT2D eigenvalue weighted by molar-refractivity contribution is 0.180. The maximum atomic E-state index is 5.75. The molecule has 27 heavy (non-hydrogen) atoms. The minimum atomic E-state index is 0.470. The van der Waals surface area contributed by atoms with Gasteiger partial charge < -0.3 is 9.47 Å². The summed E-state index contributed by atoms with van der Waals surface area (Å²) in [5.74, 6) is 2.46. The number of aromatic nitrogens is 4. The van der Waals surface area contributed by atoms with E-state index in [4.69, 9.17) is 9.47 Å². The van der Waals surface area contributed by atoms with E-state index in [2.05, 4.69) is 39.8 Å². The lowest BCUT2D eigenvalue weighted by Crippen LogP contribution is -2.10. The third-order valence-corrected chi connectivity index (χ3v) is 4.49. The standard InChI is InChI=1S/C21H22N4O2/c1-2-26-19-14-18-13-17(10-11-20(18)27-15-19)21-22-23-24-25(21)12-6-9-16-7-4-3-5-8-16/h3-5,7-8,10-11,13-14H,2,6,9,12,15H2,1H3. The van der Waals surface area contributed by atoms with Crippen LogP contribution in [0.1, 0.15) is 24.5 Å². The lowest BCUT2D eigenvalue weighted by Gasteiger charge is -2.18. The average molecular weight is 362 g/mol. The number of benzene rings is 2. The van der Waals surface area contributed by atoms with Crippen molar-refractivity contribution in [1.29, 1.82) is 0 Å². The highest BCUT2D eigenvalue weighted by molar-refractivity contribution is 5.68. The zero-order chi connectivity index (χ0) is 18.5. The third kappa shape index (κ3) is 4.00. The minimum Gasteiger partial charge on any atom is -0.495 e.